The molecule has 0 bridgehead atoms. The molecule has 2 amide bonds. The fraction of sp³-hybridized carbons (Fsp3) is 0.222. The summed E-state index contributed by atoms with van der Waals surface area (Å²) in [4.78, 5) is 25.7. The van der Waals surface area contributed by atoms with E-state index in [2.05, 4.69) is 0 Å². The Morgan fingerprint density at radius 1 is 1.00 bits per heavy atom. The van der Waals surface area contributed by atoms with Gasteiger partial charge in [-0.3, -0.25) is 4.79 Å². The van der Waals surface area contributed by atoms with Crippen molar-refractivity contribution in [1.29, 1.82) is 0 Å². The highest BCUT2D eigenvalue weighted by molar-refractivity contribution is 5.94. The van der Waals surface area contributed by atoms with Crippen LogP contribution in [0.25, 0.3) is 0 Å². The van der Waals surface area contributed by atoms with Gasteiger partial charge in [-0.15, -0.1) is 0 Å². The molecule has 0 aliphatic carbocycles. The number of imide groups is 1. The third-order valence-corrected chi connectivity index (χ3v) is 3.83. The number of benzene rings is 2. The van der Waals surface area contributed by atoms with Crippen LogP contribution in [0.2, 0.25) is 0 Å². The van der Waals surface area contributed by atoms with Gasteiger partial charge in [0.25, 0.3) is 0 Å². The van der Waals surface area contributed by atoms with Gasteiger partial charge in [0.05, 0.1) is 0 Å². The molecule has 22 heavy (non-hydrogen) atoms. The molecule has 0 radical (unpaired) electrons. The average molecular weight is 295 g/mol. The summed E-state index contributed by atoms with van der Waals surface area (Å²) in [5.41, 5.74) is 1.78. The van der Waals surface area contributed by atoms with E-state index < -0.39 is 18.2 Å². The van der Waals surface area contributed by atoms with Gasteiger partial charge >= 0.3 is 6.09 Å². The summed E-state index contributed by atoms with van der Waals surface area (Å²) in [5, 5.41) is 0. The van der Waals surface area contributed by atoms with Gasteiger partial charge < -0.3 is 4.74 Å². The summed E-state index contributed by atoms with van der Waals surface area (Å²) in [6.07, 6.45) is -0.791. The minimum Gasteiger partial charge on any atom is -0.438 e. The van der Waals surface area contributed by atoms with E-state index in [4.69, 9.17) is 4.74 Å². The normalized spacial score (nSPS) is 20.8. The van der Waals surface area contributed by atoms with Crippen molar-refractivity contribution in [3.05, 3.63) is 71.8 Å². The zero-order chi connectivity index (χ0) is 15.5. The Hall–Kier alpha value is -2.62. The van der Waals surface area contributed by atoms with Crippen LogP contribution in [-0.4, -0.2) is 16.9 Å². The summed E-state index contributed by atoms with van der Waals surface area (Å²) in [5.74, 6) is -0.225. The average Bonchev–Trinajstić information content (AvgIpc) is 2.93. The number of amides is 2. The van der Waals surface area contributed by atoms with Crippen LogP contribution < -0.4 is 0 Å². The van der Waals surface area contributed by atoms with E-state index in [1.54, 1.807) is 6.92 Å². The predicted octanol–water partition coefficient (Wildman–Crippen LogP) is 3.86. The van der Waals surface area contributed by atoms with Gasteiger partial charge in [0.2, 0.25) is 5.91 Å². The minimum atomic E-state index is -0.574. The molecule has 3 rings (SSSR count). The van der Waals surface area contributed by atoms with Gasteiger partial charge in [0, 0.05) is 6.42 Å². The lowest BCUT2D eigenvalue weighted by molar-refractivity contribution is -0.129. The Morgan fingerprint density at radius 2 is 1.55 bits per heavy atom. The van der Waals surface area contributed by atoms with E-state index in [1.165, 1.54) is 4.90 Å². The van der Waals surface area contributed by atoms with Crippen molar-refractivity contribution in [2.75, 3.05) is 0 Å². The van der Waals surface area contributed by atoms with Gasteiger partial charge in [-0.2, -0.15) is 0 Å². The molecule has 0 spiro atoms. The molecule has 2 atom stereocenters. The molecular formula is C18H17NO3. The first-order valence-electron chi connectivity index (χ1n) is 7.35. The van der Waals surface area contributed by atoms with Crippen LogP contribution in [0, 0.1) is 0 Å². The quantitative estimate of drug-likeness (QED) is 0.864. The molecule has 1 saturated heterocycles. The summed E-state index contributed by atoms with van der Waals surface area (Å²) >= 11 is 0. The van der Waals surface area contributed by atoms with Crippen molar-refractivity contribution in [1.82, 2.24) is 4.90 Å². The molecule has 0 N–H and O–H groups in total. The van der Waals surface area contributed by atoms with E-state index in [-0.39, 0.29) is 12.3 Å². The number of rotatable bonds is 3. The lowest BCUT2D eigenvalue weighted by Gasteiger charge is -2.23. The number of hydrogen-bond acceptors (Lipinski definition) is 3. The van der Waals surface area contributed by atoms with Crippen LogP contribution in [-0.2, 0) is 9.53 Å². The van der Waals surface area contributed by atoms with Crippen LogP contribution in [0.3, 0.4) is 0 Å². The Morgan fingerprint density at radius 3 is 2.09 bits per heavy atom. The SMILES string of the molecule is CCC(=O)N1C(=O)O[C@H](c2ccccc2)[C@@H]1c1ccccc1. The third kappa shape index (κ3) is 2.48. The topological polar surface area (TPSA) is 46.6 Å². The first-order chi connectivity index (χ1) is 10.7. The van der Waals surface area contributed by atoms with Crippen molar-refractivity contribution in [2.24, 2.45) is 0 Å². The summed E-state index contributed by atoms with van der Waals surface area (Å²) in [7, 11) is 0. The third-order valence-electron chi connectivity index (χ3n) is 3.83. The lowest BCUT2D eigenvalue weighted by Crippen LogP contribution is -2.33. The van der Waals surface area contributed by atoms with Gasteiger partial charge in [-0.25, -0.2) is 9.69 Å². The number of nitrogens with zero attached hydrogens (tertiary/aromatic N) is 1. The molecular weight excluding hydrogens is 278 g/mol. The van der Waals surface area contributed by atoms with E-state index >= 15 is 0 Å². The fourth-order valence-corrected chi connectivity index (χ4v) is 2.77. The number of carbonyl (C=O) groups is 2. The Bertz CT molecular complexity index is 669. The molecule has 2 aromatic carbocycles. The van der Waals surface area contributed by atoms with Gasteiger partial charge in [0.1, 0.15) is 6.04 Å². The van der Waals surface area contributed by atoms with E-state index in [1.807, 2.05) is 60.7 Å². The van der Waals surface area contributed by atoms with Crippen LogP contribution in [0.5, 0.6) is 0 Å². The maximum atomic E-state index is 12.2. The summed E-state index contributed by atoms with van der Waals surface area (Å²) in [6, 6.07) is 18.6. The number of hydrogen-bond donors (Lipinski definition) is 0. The highest BCUT2D eigenvalue weighted by atomic mass is 16.6. The Labute approximate surface area is 129 Å². The lowest BCUT2D eigenvalue weighted by atomic mass is 9.95. The highest BCUT2D eigenvalue weighted by Crippen LogP contribution is 2.43. The second-order valence-corrected chi connectivity index (χ2v) is 5.19. The standard InChI is InChI=1S/C18H17NO3/c1-2-15(20)19-16(13-9-5-3-6-10-13)17(22-18(19)21)14-11-7-4-8-12-14/h3-12,16-17H,2H2,1H3/t16-,17+/m0/s1. The Kier molecular flexibility index (Phi) is 3.92. The maximum absolute atomic E-state index is 12.2. The zero-order valence-corrected chi connectivity index (χ0v) is 12.3. The van der Waals surface area contributed by atoms with Crippen LogP contribution in [0.1, 0.15) is 36.6 Å². The van der Waals surface area contributed by atoms with Crippen molar-refractivity contribution in [2.45, 2.75) is 25.5 Å². The first-order valence-corrected chi connectivity index (χ1v) is 7.35. The molecule has 0 saturated carbocycles. The van der Waals surface area contributed by atoms with Gasteiger partial charge in [-0.1, -0.05) is 67.6 Å². The smallest absolute Gasteiger partial charge is 0.417 e. The van der Waals surface area contributed by atoms with Crippen molar-refractivity contribution < 1.29 is 14.3 Å². The maximum Gasteiger partial charge on any atom is 0.417 e. The molecule has 1 heterocycles. The van der Waals surface area contributed by atoms with Crippen molar-refractivity contribution >= 4 is 12.0 Å². The monoisotopic (exact) mass is 295 g/mol. The number of carbonyl (C=O) groups excluding carboxylic acids is 2. The molecule has 1 aliphatic rings. The second-order valence-electron chi connectivity index (χ2n) is 5.19. The van der Waals surface area contributed by atoms with Crippen LogP contribution in [0.15, 0.2) is 60.7 Å². The summed E-state index contributed by atoms with van der Waals surface area (Å²) in [6.45, 7) is 1.74. The van der Waals surface area contributed by atoms with Crippen LogP contribution in [0.4, 0.5) is 4.79 Å². The molecule has 1 fully saturated rings. The molecule has 112 valence electrons. The Balaban J connectivity index is 2.06. The predicted molar refractivity (Wildman–Crippen MR) is 82.0 cm³/mol. The summed E-state index contributed by atoms with van der Waals surface area (Å²) < 4.78 is 5.52. The molecule has 4 nitrogen and oxygen atoms in total. The second kappa shape index (κ2) is 6.02. The fourth-order valence-electron chi connectivity index (χ4n) is 2.77. The molecule has 0 unspecified atom stereocenters. The molecule has 4 heteroatoms. The molecule has 1 aliphatic heterocycles. The first kappa shape index (κ1) is 14.3. The number of ether oxygens (including phenoxy) is 1. The van der Waals surface area contributed by atoms with E-state index in [0.717, 1.165) is 11.1 Å². The molecule has 2 aromatic rings. The number of cyclic esters (lactones) is 1. The van der Waals surface area contributed by atoms with Crippen molar-refractivity contribution in [3.63, 3.8) is 0 Å². The minimum absolute atomic E-state index is 0.225. The van der Waals surface area contributed by atoms with E-state index in [0.29, 0.717) is 0 Å². The van der Waals surface area contributed by atoms with Crippen LogP contribution >= 0.6 is 0 Å². The van der Waals surface area contributed by atoms with Gasteiger partial charge in [0.15, 0.2) is 6.10 Å². The highest BCUT2D eigenvalue weighted by Gasteiger charge is 2.46. The zero-order valence-electron chi connectivity index (χ0n) is 12.3. The van der Waals surface area contributed by atoms with Gasteiger partial charge in [-0.05, 0) is 11.1 Å². The largest absolute Gasteiger partial charge is 0.438 e. The van der Waals surface area contributed by atoms with Crippen molar-refractivity contribution in [3.8, 4) is 0 Å². The van der Waals surface area contributed by atoms with E-state index in [9.17, 15) is 9.59 Å². The molecule has 0 aromatic heterocycles.